The van der Waals surface area contributed by atoms with Gasteiger partial charge in [0.25, 0.3) is 0 Å². The first kappa shape index (κ1) is 16.9. The number of aryl methyl sites for hydroxylation is 2. The summed E-state index contributed by atoms with van der Waals surface area (Å²) < 4.78 is 2.08. The minimum atomic E-state index is 0.824. The summed E-state index contributed by atoms with van der Waals surface area (Å²) in [5.41, 5.74) is 4.87. The number of anilines is 3. The van der Waals surface area contributed by atoms with Gasteiger partial charge in [-0.05, 0) is 35.9 Å². The number of pyridine rings is 1. The fourth-order valence-corrected chi connectivity index (χ4v) is 5.35. The van der Waals surface area contributed by atoms with Gasteiger partial charge in [0, 0.05) is 44.4 Å². The first-order chi connectivity index (χ1) is 14.3. The lowest BCUT2D eigenvalue weighted by Gasteiger charge is -2.32. The van der Waals surface area contributed by atoms with Crippen molar-refractivity contribution >= 4 is 38.9 Å². The lowest BCUT2D eigenvalue weighted by Crippen LogP contribution is -2.33. The summed E-state index contributed by atoms with van der Waals surface area (Å²) in [6.45, 7) is 5.87. The molecule has 2 aliphatic heterocycles. The summed E-state index contributed by atoms with van der Waals surface area (Å²) >= 11 is 1.69. The van der Waals surface area contributed by atoms with E-state index in [-0.39, 0.29) is 0 Å². The second-order valence-corrected chi connectivity index (χ2v) is 8.54. The van der Waals surface area contributed by atoms with E-state index in [9.17, 15) is 0 Å². The van der Waals surface area contributed by atoms with Gasteiger partial charge in [-0.15, -0.1) is 11.3 Å². The molecule has 2 aliphatic rings. The maximum atomic E-state index is 4.82. The second kappa shape index (κ2) is 6.52. The zero-order valence-corrected chi connectivity index (χ0v) is 17.1. The Balaban J connectivity index is 1.36. The molecule has 7 nitrogen and oxygen atoms in total. The van der Waals surface area contributed by atoms with Crippen LogP contribution in [-0.2, 0) is 19.5 Å². The molecule has 0 amide bonds. The third kappa shape index (κ3) is 2.70. The Hall–Kier alpha value is -3.00. The average Bonchev–Trinajstić information content (AvgIpc) is 3.39. The molecule has 6 rings (SSSR count). The molecule has 0 saturated carbocycles. The Morgan fingerprint density at radius 1 is 1.10 bits per heavy atom. The SMILES string of the molecule is Cc1csc2ncnc(N3CCc4ncc(N5CCCn6nccc65)cc4C3)c12. The topological polar surface area (TPSA) is 63.0 Å². The van der Waals surface area contributed by atoms with Crippen LogP contribution in [0.5, 0.6) is 0 Å². The van der Waals surface area contributed by atoms with E-state index < -0.39 is 0 Å². The highest BCUT2D eigenvalue weighted by atomic mass is 32.1. The molecule has 0 atom stereocenters. The average molecular weight is 404 g/mol. The highest BCUT2D eigenvalue weighted by Crippen LogP contribution is 2.35. The van der Waals surface area contributed by atoms with Gasteiger partial charge in [-0.25, -0.2) is 14.6 Å². The molecule has 0 fully saturated rings. The molecule has 0 bridgehead atoms. The summed E-state index contributed by atoms with van der Waals surface area (Å²) in [7, 11) is 0. The summed E-state index contributed by atoms with van der Waals surface area (Å²) in [5, 5.41) is 7.79. The summed E-state index contributed by atoms with van der Waals surface area (Å²) in [6, 6.07) is 4.39. The van der Waals surface area contributed by atoms with Crippen molar-refractivity contribution in [1.82, 2.24) is 24.7 Å². The molecule has 8 heteroatoms. The quantitative estimate of drug-likeness (QED) is 0.509. The van der Waals surface area contributed by atoms with Crippen LogP contribution in [0.4, 0.5) is 17.3 Å². The summed E-state index contributed by atoms with van der Waals surface area (Å²) in [5.74, 6) is 2.19. The van der Waals surface area contributed by atoms with Crippen molar-refractivity contribution in [1.29, 1.82) is 0 Å². The number of nitrogens with zero attached hydrogens (tertiary/aromatic N) is 7. The number of hydrogen-bond acceptors (Lipinski definition) is 7. The fourth-order valence-electron chi connectivity index (χ4n) is 4.46. The van der Waals surface area contributed by atoms with Gasteiger partial charge in [0.2, 0.25) is 0 Å². The Kier molecular flexibility index (Phi) is 3.80. The van der Waals surface area contributed by atoms with E-state index in [4.69, 9.17) is 4.98 Å². The number of hydrogen-bond donors (Lipinski definition) is 0. The first-order valence-corrected chi connectivity index (χ1v) is 10.9. The molecular formula is C21H21N7S. The molecule has 29 heavy (non-hydrogen) atoms. The maximum absolute atomic E-state index is 4.82. The van der Waals surface area contributed by atoms with Crippen molar-refractivity contribution in [3.05, 3.63) is 53.1 Å². The van der Waals surface area contributed by atoms with E-state index in [1.54, 1.807) is 17.7 Å². The van der Waals surface area contributed by atoms with Crippen LogP contribution in [-0.4, -0.2) is 37.8 Å². The van der Waals surface area contributed by atoms with Crippen molar-refractivity contribution in [2.45, 2.75) is 32.9 Å². The van der Waals surface area contributed by atoms with E-state index in [2.05, 4.69) is 54.0 Å². The number of fused-ring (bicyclic) bond motifs is 3. The van der Waals surface area contributed by atoms with Crippen molar-refractivity contribution in [3.63, 3.8) is 0 Å². The fraction of sp³-hybridized carbons (Fsp3) is 0.333. The van der Waals surface area contributed by atoms with Gasteiger partial charge in [-0.1, -0.05) is 0 Å². The van der Waals surface area contributed by atoms with Crippen LogP contribution in [0.25, 0.3) is 10.2 Å². The molecule has 146 valence electrons. The predicted octanol–water partition coefficient (Wildman–Crippen LogP) is 3.70. The van der Waals surface area contributed by atoms with E-state index in [1.807, 2.05) is 12.4 Å². The van der Waals surface area contributed by atoms with Gasteiger partial charge in [0.1, 0.15) is 22.8 Å². The zero-order valence-electron chi connectivity index (χ0n) is 16.2. The van der Waals surface area contributed by atoms with Gasteiger partial charge < -0.3 is 9.80 Å². The first-order valence-electron chi connectivity index (χ1n) is 9.99. The molecule has 0 aliphatic carbocycles. The molecule has 0 aromatic carbocycles. The Morgan fingerprint density at radius 3 is 3.03 bits per heavy atom. The number of aromatic nitrogens is 5. The van der Waals surface area contributed by atoms with Crippen LogP contribution >= 0.6 is 11.3 Å². The lowest BCUT2D eigenvalue weighted by atomic mass is 10.0. The highest BCUT2D eigenvalue weighted by molar-refractivity contribution is 7.17. The molecular weight excluding hydrogens is 382 g/mol. The van der Waals surface area contributed by atoms with Gasteiger partial charge in [-0.2, -0.15) is 5.10 Å². The minimum Gasteiger partial charge on any atom is -0.351 e. The van der Waals surface area contributed by atoms with Crippen LogP contribution in [0, 0.1) is 6.92 Å². The number of rotatable bonds is 2. The Labute approximate surface area is 172 Å². The zero-order chi connectivity index (χ0) is 19.4. The molecule has 0 radical (unpaired) electrons. The Morgan fingerprint density at radius 2 is 2.07 bits per heavy atom. The predicted molar refractivity (Wildman–Crippen MR) is 115 cm³/mol. The normalized spacial score (nSPS) is 16.2. The molecule has 4 aromatic heterocycles. The smallest absolute Gasteiger partial charge is 0.141 e. The molecule has 0 spiro atoms. The van der Waals surface area contributed by atoms with Crippen molar-refractivity contribution in [2.75, 3.05) is 22.9 Å². The monoisotopic (exact) mass is 403 g/mol. The largest absolute Gasteiger partial charge is 0.351 e. The van der Waals surface area contributed by atoms with Crippen LogP contribution < -0.4 is 9.80 Å². The van der Waals surface area contributed by atoms with Crippen LogP contribution in [0.1, 0.15) is 23.2 Å². The van der Waals surface area contributed by atoms with Crippen LogP contribution in [0.3, 0.4) is 0 Å². The molecule has 0 unspecified atom stereocenters. The van der Waals surface area contributed by atoms with Crippen molar-refractivity contribution in [3.8, 4) is 0 Å². The second-order valence-electron chi connectivity index (χ2n) is 7.68. The lowest BCUT2D eigenvalue weighted by molar-refractivity contribution is 0.541. The van der Waals surface area contributed by atoms with Gasteiger partial charge in [-0.3, -0.25) is 4.98 Å². The standard InChI is InChI=1S/C21H21N7S/c1-14-12-29-21-19(14)20(23-13-24-21)26-8-4-17-15(11-26)9-16(10-22-17)27-6-2-7-28-18(27)3-5-25-28/h3,5,9-10,12-13H,2,4,6-8,11H2,1H3. The number of thiophene rings is 1. The van der Waals surface area contributed by atoms with E-state index in [0.717, 1.165) is 61.2 Å². The van der Waals surface area contributed by atoms with E-state index >= 15 is 0 Å². The summed E-state index contributed by atoms with van der Waals surface area (Å²) in [6.07, 6.45) is 7.61. The van der Waals surface area contributed by atoms with Gasteiger partial charge >= 0.3 is 0 Å². The Bertz CT molecular complexity index is 1210. The molecule has 0 N–H and O–H groups in total. The minimum absolute atomic E-state index is 0.824. The third-order valence-electron chi connectivity index (χ3n) is 5.89. The molecule has 4 aromatic rings. The van der Waals surface area contributed by atoms with Gasteiger partial charge in [0.15, 0.2) is 0 Å². The maximum Gasteiger partial charge on any atom is 0.141 e. The third-order valence-corrected chi connectivity index (χ3v) is 6.90. The summed E-state index contributed by atoms with van der Waals surface area (Å²) in [4.78, 5) is 19.7. The van der Waals surface area contributed by atoms with Gasteiger partial charge in [0.05, 0.1) is 23.5 Å². The van der Waals surface area contributed by atoms with Crippen molar-refractivity contribution < 1.29 is 0 Å². The van der Waals surface area contributed by atoms with E-state index in [0.29, 0.717) is 0 Å². The molecule has 6 heterocycles. The highest BCUT2D eigenvalue weighted by Gasteiger charge is 2.24. The molecule has 0 saturated heterocycles. The van der Waals surface area contributed by atoms with Crippen LogP contribution in [0.2, 0.25) is 0 Å². The van der Waals surface area contributed by atoms with E-state index in [1.165, 1.54) is 22.2 Å². The van der Waals surface area contributed by atoms with Crippen molar-refractivity contribution in [2.24, 2.45) is 0 Å². The van der Waals surface area contributed by atoms with Crippen LogP contribution in [0.15, 0.2) is 36.2 Å².